The van der Waals surface area contributed by atoms with Crippen molar-refractivity contribution in [3.8, 4) is 0 Å². The highest BCUT2D eigenvalue weighted by Gasteiger charge is 2.21. The van der Waals surface area contributed by atoms with Gasteiger partial charge in [0.1, 0.15) is 16.6 Å². The fourth-order valence-corrected chi connectivity index (χ4v) is 4.43. The van der Waals surface area contributed by atoms with Gasteiger partial charge in [-0.1, -0.05) is 21.1 Å². The van der Waals surface area contributed by atoms with Crippen molar-refractivity contribution in [2.45, 2.75) is 38.1 Å². The Balaban J connectivity index is 1.81. The second-order valence-electron chi connectivity index (χ2n) is 6.50. The molecule has 5 nitrogen and oxygen atoms in total. The lowest BCUT2D eigenvalue weighted by Gasteiger charge is -2.22. The molecule has 1 amide bonds. The van der Waals surface area contributed by atoms with E-state index < -0.39 is 0 Å². The lowest BCUT2D eigenvalue weighted by atomic mass is 10.1. The van der Waals surface area contributed by atoms with Gasteiger partial charge in [0.2, 0.25) is 0 Å². The van der Waals surface area contributed by atoms with E-state index in [9.17, 15) is 9.18 Å². The minimum absolute atomic E-state index is 0.179. The number of thioether (sulfide) groups is 1. The minimum atomic E-state index is -0.335. The summed E-state index contributed by atoms with van der Waals surface area (Å²) in [5, 5.41) is 4.60. The molecule has 0 saturated carbocycles. The number of carbonyl (C=O) groups is 1. The number of amides is 1. The van der Waals surface area contributed by atoms with Crippen LogP contribution in [0.5, 0.6) is 0 Å². The first-order valence-electron chi connectivity index (χ1n) is 9.13. The van der Waals surface area contributed by atoms with Crippen molar-refractivity contribution < 1.29 is 13.7 Å². The van der Waals surface area contributed by atoms with Crippen LogP contribution in [0.4, 0.5) is 4.39 Å². The van der Waals surface area contributed by atoms with Gasteiger partial charge in [0.25, 0.3) is 5.91 Å². The van der Waals surface area contributed by atoms with E-state index in [1.165, 1.54) is 17.8 Å². The van der Waals surface area contributed by atoms with Crippen molar-refractivity contribution in [1.29, 1.82) is 0 Å². The smallest absolute Gasteiger partial charge is 0.256 e. The van der Waals surface area contributed by atoms with Crippen LogP contribution in [0.2, 0.25) is 0 Å². The Labute approximate surface area is 181 Å². The Bertz CT molecular complexity index is 1010. The second-order valence-corrected chi connectivity index (χ2v) is 8.38. The highest BCUT2D eigenvalue weighted by atomic mass is 79.9. The Morgan fingerprint density at radius 1 is 1.31 bits per heavy atom. The van der Waals surface area contributed by atoms with Gasteiger partial charge in [-0.25, -0.2) is 9.37 Å². The number of nitrogens with zero attached hydrogens (tertiary/aromatic N) is 3. The fourth-order valence-electron chi connectivity index (χ4n) is 2.88. The van der Waals surface area contributed by atoms with Crippen LogP contribution in [0.15, 0.2) is 50.6 Å². The molecule has 0 spiro atoms. The van der Waals surface area contributed by atoms with E-state index in [2.05, 4.69) is 26.1 Å². The largest absolute Gasteiger partial charge is 0.361 e. The number of aromatic nitrogens is 2. The van der Waals surface area contributed by atoms with Crippen LogP contribution in [0.25, 0.3) is 0 Å². The van der Waals surface area contributed by atoms with Gasteiger partial charge in [-0.05, 0) is 51.1 Å². The summed E-state index contributed by atoms with van der Waals surface area (Å²) in [6.45, 7) is 6.27. The molecule has 0 aliphatic carbocycles. The highest BCUT2D eigenvalue weighted by Crippen LogP contribution is 2.28. The molecule has 0 atom stereocenters. The van der Waals surface area contributed by atoms with Gasteiger partial charge >= 0.3 is 0 Å². The van der Waals surface area contributed by atoms with Crippen molar-refractivity contribution in [3.05, 3.63) is 75.0 Å². The molecule has 0 aliphatic heterocycles. The monoisotopic (exact) mass is 477 g/mol. The summed E-state index contributed by atoms with van der Waals surface area (Å²) in [7, 11) is 0. The molecule has 3 aromatic rings. The second kappa shape index (κ2) is 9.54. The van der Waals surface area contributed by atoms with E-state index in [4.69, 9.17) is 4.52 Å². The van der Waals surface area contributed by atoms with Crippen LogP contribution < -0.4 is 0 Å². The van der Waals surface area contributed by atoms with Gasteiger partial charge in [-0.2, -0.15) is 0 Å². The fraction of sp³-hybridized carbons (Fsp3) is 0.286. The molecule has 152 valence electrons. The lowest BCUT2D eigenvalue weighted by molar-refractivity contribution is 0.0746. The predicted octanol–water partition coefficient (Wildman–Crippen LogP) is 5.54. The van der Waals surface area contributed by atoms with Crippen molar-refractivity contribution in [1.82, 2.24) is 15.0 Å². The van der Waals surface area contributed by atoms with Gasteiger partial charge in [-0.3, -0.25) is 4.79 Å². The average Bonchev–Trinajstić information content (AvgIpc) is 3.04. The molecule has 0 saturated heterocycles. The molecule has 2 heterocycles. The first-order chi connectivity index (χ1) is 13.9. The summed E-state index contributed by atoms with van der Waals surface area (Å²) in [6.07, 6.45) is 1.66. The third-order valence-electron chi connectivity index (χ3n) is 4.57. The minimum Gasteiger partial charge on any atom is -0.361 e. The van der Waals surface area contributed by atoms with Crippen LogP contribution in [-0.2, 0) is 12.3 Å². The Hall–Kier alpha value is -2.19. The van der Waals surface area contributed by atoms with Crippen LogP contribution >= 0.6 is 27.7 Å². The SMILES string of the molecule is CCN(Cc1cc(Br)ccc1F)C(=O)c1cccnc1SCc1c(C)noc1C. The van der Waals surface area contributed by atoms with Crippen LogP contribution in [0.1, 0.15) is 39.9 Å². The number of benzene rings is 1. The maximum atomic E-state index is 14.2. The summed E-state index contributed by atoms with van der Waals surface area (Å²) in [5.74, 6) is 0.851. The van der Waals surface area contributed by atoms with E-state index in [1.807, 2.05) is 20.8 Å². The first-order valence-corrected chi connectivity index (χ1v) is 10.9. The quantitative estimate of drug-likeness (QED) is 0.417. The van der Waals surface area contributed by atoms with E-state index in [-0.39, 0.29) is 18.3 Å². The highest BCUT2D eigenvalue weighted by molar-refractivity contribution is 9.10. The van der Waals surface area contributed by atoms with Crippen molar-refractivity contribution in [2.75, 3.05) is 6.54 Å². The van der Waals surface area contributed by atoms with Crippen LogP contribution in [0.3, 0.4) is 0 Å². The Morgan fingerprint density at radius 3 is 2.79 bits per heavy atom. The summed E-state index contributed by atoms with van der Waals surface area (Å²) in [4.78, 5) is 19.2. The molecule has 2 aromatic heterocycles. The lowest BCUT2D eigenvalue weighted by Crippen LogP contribution is -2.31. The standard InChI is InChI=1S/C21H21BrFN3O2S/c1-4-26(11-15-10-16(22)7-8-19(15)23)21(27)17-6-5-9-24-20(17)29-12-18-13(2)25-28-14(18)3/h5-10H,4,11-12H2,1-3H3. The predicted molar refractivity (Wildman–Crippen MR) is 114 cm³/mol. The number of hydrogen-bond acceptors (Lipinski definition) is 5. The molecule has 8 heteroatoms. The first kappa shape index (κ1) is 21.5. The molecule has 0 N–H and O–H groups in total. The van der Waals surface area contributed by atoms with E-state index in [0.29, 0.717) is 28.5 Å². The maximum Gasteiger partial charge on any atom is 0.256 e. The van der Waals surface area contributed by atoms with E-state index in [1.54, 1.807) is 35.4 Å². The number of aryl methyl sites for hydroxylation is 2. The number of halogens is 2. The molecule has 29 heavy (non-hydrogen) atoms. The van der Waals surface area contributed by atoms with Gasteiger partial charge in [0.15, 0.2) is 0 Å². The third-order valence-corrected chi connectivity index (χ3v) is 6.10. The number of hydrogen-bond donors (Lipinski definition) is 0. The van der Waals surface area contributed by atoms with Gasteiger partial charge in [-0.15, -0.1) is 11.8 Å². The summed E-state index contributed by atoms with van der Waals surface area (Å²) in [5.41, 5.74) is 2.80. The summed E-state index contributed by atoms with van der Waals surface area (Å²) >= 11 is 4.82. The molecule has 0 radical (unpaired) electrons. The van der Waals surface area contributed by atoms with Crippen LogP contribution in [0, 0.1) is 19.7 Å². The van der Waals surface area contributed by atoms with Crippen molar-refractivity contribution >= 4 is 33.6 Å². The normalized spacial score (nSPS) is 10.9. The average molecular weight is 478 g/mol. The van der Waals surface area contributed by atoms with E-state index in [0.717, 1.165) is 21.5 Å². The topological polar surface area (TPSA) is 59.2 Å². The van der Waals surface area contributed by atoms with Crippen molar-refractivity contribution in [2.24, 2.45) is 0 Å². The van der Waals surface area contributed by atoms with Gasteiger partial charge in [0, 0.05) is 40.6 Å². The van der Waals surface area contributed by atoms with Crippen LogP contribution in [-0.4, -0.2) is 27.5 Å². The summed E-state index contributed by atoms with van der Waals surface area (Å²) < 4.78 is 20.2. The molecular formula is C21H21BrFN3O2S. The van der Waals surface area contributed by atoms with Crippen molar-refractivity contribution in [3.63, 3.8) is 0 Å². The Kier molecular flexibility index (Phi) is 7.08. The Morgan fingerprint density at radius 2 is 2.10 bits per heavy atom. The number of carbonyl (C=O) groups excluding carboxylic acids is 1. The van der Waals surface area contributed by atoms with Gasteiger partial charge < -0.3 is 9.42 Å². The van der Waals surface area contributed by atoms with Gasteiger partial charge in [0.05, 0.1) is 11.3 Å². The molecule has 0 bridgehead atoms. The number of rotatable bonds is 7. The zero-order valence-electron chi connectivity index (χ0n) is 16.4. The summed E-state index contributed by atoms with van der Waals surface area (Å²) in [6, 6.07) is 8.22. The number of pyridine rings is 1. The molecule has 0 unspecified atom stereocenters. The zero-order valence-corrected chi connectivity index (χ0v) is 18.8. The molecule has 1 aromatic carbocycles. The molecule has 0 aliphatic rings. The molecular weight excluding hydrogens is 457 g/mol. The zero-order chi connectivity index (χ0) is 21.0. The molecule has 0 fully saturated rings. The maximum absolute atomic E-state index is 14.2. The molecule has 3 rings (SSSR count). The van der Waals surface area contributed by atoms with E-state index >= 15 is 0 Å². The third kappa shape index (κ3) is 5.05.